The van der Waals surface area contributed by atoms with Crippen molar-refractivity contribution >= 4 is 33.4 Å². The molecule has 0 amide bonds. The average molecular weight is 326 g/mol. The maximum absolute atomic E-state index is 12.2. The standard InChI is InChI=1S/C11H20ClN3O2S2/c1-8-9(10(12)15(5)14-8)19(16,17)13-6-7-18-11(2,3)4/h13H,6-7H2,1-5H3. The molecule has 110 valence electrons. The fourth-order valence-corrected chi connectivity index (χ4v) is 4.24. The number of thioether (sulfide) groups is 1. The van der Waals surface area contributed by atoms with Gasteiger partial charge in [-0.25, -0.2) is 13.1 Å². The van der Waals surface area contributed by atoms with E-state index in [0.717, 1.165) is 0 Å². The maximum atomic E-state index is 12.2. The van der Waals surface area contributed by atoms with Crippen LogP contribution in [-0.2, 0) is 17.1 Å². The molecule has 5 nitrogen and oxygen atoms in total. The summed E-state index contributed by atoms with van der Waals surface area (Å²) in [5.41, 5.74) is 0.406. The summed E-state index contributed by atoms with van der Waals surface area (Å²) in [5, 5.41) is 4.14. The lowest BCUT2D eigenvalue weighted by Gasteiger charge is -2.17. The van der Waals surface area contributed by atoms with E-state index in [9.17, 15) is 8.42 Å². The van der Waals surface area contributed by atoms with Crippen LogP contribution in [0.2, 0.25) is 5.15 Å². The number of nitrogens with zero attached hydrogens (tertiary/aromatic N) is 2. The van der Waals surface area contributed by atoms with Crippen molar-refractivity contribution in [3.05, 3.63) is 10.8 Å². The molecule has 1 N–H and O–H groups in total. The minimum Gasteiger partial charge on any atom is -0.255 e. The zero-order valence-electron chi connectivity index (χ0n) is 11.8. The Morgan fingerprint density at radius 2 is 2.00 bits per heavy atom. The summed E-state index contributed by atoms with van der Waals surface area (Å²) in [6.45, 7) is 8.27. The van der Waals surface area contributed by atoms with E-state index >= 15 is 0 Å². The first kappa shape index (κ1) is 16.8. The fourth-order valence-electron chi connectivity index (χ4n) is 1.52. The number of aromatic nitrogens is 2. The monoisotopic (exact) mass is 325 g/mol. The molecule has 0 aromatic carbocycles. The van der Waals surface area contributed by atoms with Gasteiger partial charge in [-0.1, -0.05) is 32.4 Å². The first-order chi connectivity index (χ1) is 8.54. The molecule has 0 bridgehead atoms. The van der Waals surface area contributed by atoms with Crippen LogP contribution < -0.4 is 4.72 Å². The number of hydrogen-bond donors (Lipinski definition) is 1. The molecule has 0 atom stereocenters. The van der Waals surface area contributed by atoms with Gasteiger partial charge in [-0.05, 0) is 6.92 Å². The third kappa shape index (κ3) is 4.66. The molecular formula is C11H20ClN3O2S2. The Hall–Kier alpha value is -0.240. The Morgan fingerprint density at radius 1 is 1.42 bits per heavy atom. The molecule has 0 saturated heterocycles. The van der Waals surface area contributed by atoms with Crippen LogP contribution in [0.15, 0.2) is 4.90 Å². The van der Waals surface area contributed by atoms with E-state index in [1.54, 1.807) is 25.7 Å². The number of rotatable bonds is 5. The summed E-state index contributed by atoms with van der Waals surface area (Å²) in [4.78, 5) is 0.0671. The second-order valence-electron chi connectivity index (χ2n) is 5.19. The first-order valence-electron chi connectivity index (χ1n) is 5.87. The van der Waals surface area contributed by atoms with Gasteiger partial charge in [0.1, 0.15) is 10.0 Å². The fraction of sp³-hybridized carbons (Fsp3) is 0.727. The van der Waals surface area contributed by atoms with Gasteiger partial charge in [0.05, 0.1) is 5.69 Å². The number of sulfonamides is 1. The lowest BCUT2D eigenvalue weighted by Crippen LogP contribution is -2.27. The minimum atomic E-state index is -3.60. The van der Waals surface area contributed by atoms with Crippen LogP contribution in [0.1, 0.15) is 26.5 Å². The van der Waals surface area contributed by atoms with E-state index in [2.05, 4.69) is 30.6 Å². The van der Waals surface area contributed by atoms with Crippen LogP contribution in [0, 0.1) is 6.92 Å². The molecule has 0 aliphatic carbocycles. The lowest BCUT2D eigenvalue weighted by atomic mass is 10.3. The van der Waals surface area contributed by atoms with Gasteiger partial charge < -0.3 is 0 Å². The summed E-state index contributed by atoms with van der Waals surface area (Å²) < 4.78 is 28.3. The zero-order chi connectivity index (χ0) is 14.8. The van der Waals surface area contributed by atoms with Gasteiger partial charge in [-0.3, -0.25) is 4.68 Å². The van der Waals surface area contributed by atoms with Crippen molar-refractivity contribution < 1.29 is 8.42 Å². The van der Waals surface area contributed by atoms with Crippen LogP contribution >= 0.6 is 23.4 Å². The Kier molecular flexibility index (Phi) is 5.34. The molecule has 0 saturated carbocycles. The van der Waals surface area contributed by atoms with Crippen molar-refractivity contribution in [3.8, 4) is 0 Å². The van der Waals surface area contributed by atoms with Crippen molar-refractivity contribution in [2.24, 2.45) is 7.05 Å². The summed E-state index contributed by atoms with van der Waals surface area (Å²) in [6.07, 6.45) is 0. The predicted molar refractivity (Wildman–Crippen MR) is 80.4 cm³/mol. The van der Waals surface area contributed by atoms with E-state index in [1.807, 2.05) is 0 Å². The molecular weight excluding hydrogens is 306 g/mol. The van der Waals surface area contributed by atoms with Crippen molar-refractivity contribution in [2.45, 2.75) is 37.3 Å². The molecule has 0 radical (unpaired) electrons. The number of halogens is 1. The van der Waals surface area contributed by atoms with Crippen LogP contribution in [0.4, 0.5) is 0 Å². The van der Waals surface area contributed by atoms with Gasteiger partial charge in [-0.15, -0.1) is 0 Å². The molecule has 19 heavy (non-hydrogen) atoms. The van der Waals surface area contributed by atoms with Gasteiger partial charge in [0.15, 0.2) is 0 Å². The van der Waals surface area contributed by atoms with Crippen molar-refractivity contribution in [2.75, 3.05) is 12.3 Å². The van der Waals surface area contributed by atoms with Crippen molar-refractivity contribution in [3.63, 3.8) is 0 Å². The summed E-state index contributed by atoms with van der Waals surface area (Å²) in [6, 6.07) is 0. The summed E-state index contributed by atoms with van der Waals surface area (Å²) in [7, 11) is -1.98. The lowest BCUT2D eigenvalue weighted by molar-refractivity contribution is 0.583. The smallest absolute Gasteiger partial charge is 0.245 e. The van der Waals surface area contributed by atoms with E-state index in [-0.39, 0.29) is 14.8 Å². The second kappa shape index (κ2) is 6.03. The predicted octanol–water partition coefficient (Wildman–Crippen LogP) is 2.19. The Morgan fingerprint density at radius 3 is 2.42 bits per heavy atom. The third-order valence-corrected chi connectivity index (χ3v) is 5.73. The Balaban J connectivity index is 2.72. The molecule has 1 aromatic heterocycles. The number of aryl methyl sites for hydroxylation is 2. The van der Waals surface area contributed by atoms with E-state index in [0.29, 0.717) is 18.0 Å². The van der Waals surface area contributed by atoms with Gasteiger partial charge >= 0.3 is 0 Å². The molecule has 0 unspecified atom stereocenters. The molecule has 1 heterocycles. The Bertz CT molecular complexity index is 547. The first-order valence-corrected chi connectivity index (χ1v) is 8.72. The topological polar surface area (TPSA) is 64.0 Å². The molecule has 0 aliphatic heterocycles. The van der Waals surface area contributed by atoms with Crippen LogP contribution in [0.5, 0.6) is 0 Å². The number of hydrogen-bond acceptors (Lipinski definition) is 4. The third-order valence-electron chi connectivity index (χ3n) is 2.30. The van der Waals surface area contributed by atoms with Crippen molar-refractivity contribution in [1.82, 2.24) is 14.5 Å². The highest BCUT2D eigenvalue weighted by molar-refractivity contribution is 8.00. The second-order valence-corrected chi connectivity index (χ2v) is 9.17. The van der Waals surface area contributed by atoms with Crippen LogP contribution in [0.25, 0.3) is 0 Å². The number of nitrogens with one attached hydrogen (secondary N) is 1. The highest BCUT2D eigenvalue weighted by Crippen LogP contribution is 2.25. The molecule has 0 aliphatic rings. The van der Waals surface area contributed by atoms with Gasteiger partial charge in [0.25, 0.3) is 0 Å². The normalized spacial score (nSPS) is 12.9. The zero-order valence-corrected chi connectivity index (χ0v) is 14.2. The maximum Gasteiger partial charge on any atom is 0.245 e. The van der Waals surface area contributed by atoms with E-state index < -0.39 is 10.0 Å². The largest absolute Gasteiger partial charge is 0.255 e. The van der Waals surface area contributed by atoms with Crippen LogP contribution in [-0.4, -0.2) is 35.2 Å². The molecule has 1 aromatic rings. The highest BCUT2D eigenvalue weighted by atomic mass is 35.5. The minimum absolute atomic E-state index is 0.0671. The molecule has 0 spiro atoms. The molecule has 8 heteroatoms. The van der Waals surface area contributed by atoms with Gasteiger partial charge in [-0.2, -0.15) is 16.9 Å². The SMILES string of the molecule is Cc1nn(C)c(Cl)c1S(=O)(=O)NCCSC(C)(C)C. The summed E-state index contributed by atoms with van der Waals surface area (Å²) >= 11 is 7.66. The van der Waals surface area contributed by atoms with E-state index in [1.165, 1.54) is 4.68 Å². The molecule has 1 rings (SSSR count). The average Bonchev–Trinajstić information content (AvgIpc) is 2.47. The quantitative estimate of drug-likeness (QED) is 0.843. The van der Waals surface area contributed by atoms with Crippen LogP contribution in [0.3, 0.4) is 0 Å². The molecule has 0 fully saturated rings. The van der Waals surface area contributed by atoms with Gasteiger partial charge in [0, 0.05) is 24.1 Å². The Labute approximate surface area is 124 Å². The van der Waals surface area contributed by atoms with Crippen molar-refractivity contribution in [1.29, 1.82) is 0 Å². The summed E-state index contributed by atoms with van der Waals surface area (Å²) in [5.74, 6) is 0.708. The van der Waals surface area contributed by atoms with Gasteiger partial charge in [0.2, 0.25) is 10.0 Å². The van der Waals surface area contributed by atoms with E-state index in [4.69, 9.17) is 11.6 Å². The highest BCUT2D eigenvalue weighted by Gasteiger charge is 2.24.